The molecule has 1 atom stereocenters. The average Bonchev–Trinajstić information content (AvgIpc) is 2.30. The third-order valence-electron chi connectivity index (χ3n) is 2.79. The minimum Gasteiger partial charge on any atom is -0.314 e. The number of hydrogen-bond acceptors (Lipinski definition) is 3. The second-order valence-corrected chi connectivity index (χ2v) is 5.87. The van der Waals surface area contributed by atoms with Crippen LogP contribution in [0.5, 0.6) is 0 Å². The van der Waals surface area contributed by atoms with Gasteiger partial charge in [0.05, 0.1) is 4.90 Å². The summed E-state index contributed by atoms with van der Waals surface area (Å²) in [5.41, 5.74) is 0. The van der Waals surface area contributed by atoms with E-state index in [0.29, 0.717) is 18.0 Å². The van der Waals surface area contributed by atoms with Crippen molar-refractivity contribution in [2.45, 2.75) is 17.9 Å². The van der Waals surface area contributed by atoms with Gasteiger partial charge in [-0.2, -0.15) is 4.31 Å². The molecule has 1 fully saturated rings. The van der Waals surface area contributed by atoms with E-state index in [9.17, 15) is 8.42 Å². The van der Waals surface area contributed by atoms with Crippen molar-refractivity contribution >= 4 is 10.0 Å². The van der Waals surface area contributed by atoms with E-state index in [2.05, 4.69) is 5.32 Å². The number of piperazine rings is 1. The molecule has 4 nitrogen and oxygen atoms in total. The lowest BCUT2D eigenvalue weighted by Crippen LogP contribution is -2.52. The molecule has 0 unspecified atom stereocenters. The summed E-state index contributed by atoms with van der Waals surface area (Å²) in [6.07, 6.45) is 0. The highest BCUT2D eigenvalue weighted by molar-refractivity contribution is 7.89. The van der Waals surface area contributed by atoms with Crippen molar-refractivity contribution in [3.05, 3.63) is 30.3 Å². The first kappa shape index (κ1) is 11.6. The van der Waals surface area contributed by atoms with Crippen LogP contribution < -0.4 is 5.32 Å². The van der Waals surface area contributed by atoms with Crippen molar-refractivity contribution in [2.24, 2.45) is 0 Å². The van der Waals surface area contributed by atoms with E-state index < -0.39 is 10.0 Å². The highest BCUT2D eigenvalue weighted by Gasteiger charge is 2.30. The third-order valence-corrected chi connectivity index (χ3v) is 4.82. The Morgan fingerprint density at radius 3 is 2.62 bits per heavy atom. The summed E-state index contributed by atoms with van der Waals surface area (Å²) in [7, 11) is -3.32. The third kappa shape index (κ3) is 2.11. The zero-order chi connectivity index (χ0) is 11.6. The Balaban J connectivity index is 2.32. The summed E-state index contributed by atoms with van der Waals surface area (Å²) < 4.78 is 26.2. The van der Waals surface area contributed by atoms with E-state index >= 15 is 0 Å². The number of sulfonamides is 1. The lowest BCUT2D eigenvalue weighted by Gasteiger charge is -2.32. The summed E-state index contributed by atoms with van der Waals surface area (Å²) in [4.78, 5) is 0.378. The van der Waals surface area contributed by atoms with Gasteiger partial charge in [-0.3, -0.25) is 0 Å². The molecule has 0 bridgehead atoms. The molecule has 2 rings (SSSR count). The maximum atomic E-state index is 12.3. The van der Waals surface area contributed by atoms with Crippen LogP contribution in [0, 0.1) is 0 Å². The molecule has 0 radical (unpaired) electrons. The number of hydrogen-bond donors (Lipinski definition) is 1. The Labute approximate surface area is 96.3 Å². The molecule has 1 aliphatic rings. The van der Waals surface area contributed by atoms with Gasteiger partial charge in [-0.1, -0.05) is 18.2 Å². The molecule has 0 saturated carbocycles. The molecule has 1 saturated heterocycles. The molecule has 0 aliphatic carbocycles. The van der Waals surface area contributed by atoms with Crippen LogP contribution in [-0.4, -0.2) is 38.4 Å². The lowest BCUT2D eigenvalue weighted by molar-refractivity contribution is 0.284. The molecule has 1 aliphatic heterocycles. The first-order valence-corrected chi connectivity index (χ1v) is 6.84. The summed E-state index contributed by atoms with van der Waals surface area (Å²) >= 11 is 0. The molecule has 88 valence electrons. The molecule has 0 aromatic heterocycles. The first-order valence-electron chi connectivity index (χ1n) is 5.40. The maximum absolute atomic E-state index is 12.3. The standard InChI is InChI=1S/C11H16N2O2S/c1-10-9-12-7-8-13(10)16(14,15)11-5-3-2-4-6-11/h2-6,10,12H,7-9H2,1H3/t10-/m0/s1. The summed E-state index contributed by atoms with van der Waals surface area (Å²) in [6, 6.07) is 8.62. The Kier molecular flexibility index (Phi) is 3.28. The van der Waals surface area contributed by atoms with Gasteiger partial charge in [-0.25, -0.2) is 8.42 Å². The fourth-order valence-corrected chi connectivity index (χ4v) is 3.56. The van der Waals surface area contributed by atoms with Gasteiger partial charge >= 0.3 is 0 Å². The fourth-order valence-electron chi connectivity index (χ4n) is 1.91. The topological polar surface area (TPSA) is 49.4 Å². The molecular weight excluding hydrogens is 224 g/mol. The average molecular weight is 240 g/mol. The van der Waals surface area contributed by atoms with E-state index in [-0.39, 0.29) is 6.04 Å². The van der Waals surface area contributed by atoms with Gasteiger partial charge < -0.3 is 5.32 Å². The predicted octanol–water partition coefficient (Wildman–Crippen LogP) is 0.669. The minimum atomic E-state index is -3.32. The highest BCUT2D eigenvalue weighted by atomic mass is 32.2. The molecule has 1 N–H and O–H groups in total. The van der Waals surface area contributed by atoms with Crippen LogP contribution in [0.1, 0.15) is 6.92 Å². The predicted molar refractivity (Wildman–Crippen MR) is 62.7 cm³/mol. The van der Waals surface area contributed by atoms with Gasteiger partial charge in [0, 0.05) is 25.7 Å². The number of nitrogens with zero attached hydrogens (tertiary/aromatic N) is 1. The molecule has 1 heterocycles. The van der Waals surface area contributed by atoms with Gasteiger partial charge in [0.25, 0.3) is 0 Å². The zero-order valence-corrected chi connectivity index (χ0v) is 10.1. The molecule has 0 spiro atoms. The Morgan fingerprint density at radius 2 is 2.00 bits per heavy atom. The van der Waals surface area contributed by atoms with Gasteiger partial charge in [0.2, 0.25) is 10.0 Å². The van der Waals surface area contributed by atoms with Crippen molar-refractivity contribution in [1.82, 2.24) is 9.62 Å². The van der Waals surface area contributed by atoms with Crippen LogP contribution in [0.25, 0.3) is 0 Å². The van der Waals surface area contributed by atoms with Gasteiger partial charge in [-0.05, 0) is 19.1 Å². The van der Waals surface area contributed by atoms with Crippen LogP contribution in [0.2, 0.25) is 0 Å². The van der Waals surface area contributed by atoms with Crippen LogP contribution in [0.3, 0.4) is 0 Å². The molecule has 5 heteroatoms. The molecule has 1 aromatic rings. The Bertz CT molecular complexity index is 444. The number of rotatable bonds is 2. The number of benzene rings is 1. The van der Waals surface area contributed by atoms with Crippen LogP contribution in [0.4, 0.5) is 0 Å². The van der Waals surface area contributed by atoms with Crippen molar-refractivity contribution in [3.63, 3.8) is 0 Å². The first-order chi connectivity index (χ1) is 7.62. The van der Waals surface area contributed by atoms with Crippen LogP contribution in [0.15, 0.2) is 35.2 Å². The maximum Gasteiger partial charge on any atom is 0.243 e. The lowest BCUT2D eigenvalue weighted by atomic mass is 10.3. The van der Waals surface area contributed by atoms with Crippen molar-refractivity contribution < 1.29 is 8.42 Å². The number of nitrogens with one attached hydrogen (secondary N) is 1. The molecular formula is C11H16N2O2S. The van der Waals surface area contributed by atoms with Crippen molar-refractivity contribution in [3.8, 4) is 0 Å². The van der Waals surface area contributed by atoms with Crippen LogP contribution >= 0.6 is 0 Å². The van der Waals surface area contributed by atoms with E-state index in [0.717, 1.165) is 6.54 Å². The minimum absolute atomic E-state index is 0.0129. The van der Waals surface area contributed by atoms with Crippen molar-refractivity contribution in [2.75, 3.05) is 19.6 Å². The van der Waals surface area contributed by atoms with E-state index in [4.69, 9.17) is 0 Å². The van der Waals surface area contributed by atoms with Gasteiger partial charge in [0.15, 0.2) is 0 Å². The zero-order valence-electron chi connectivity index (χ0n) is 9.26. The van der Waals surface area contributed by atoms with Crippen LogP contribution in [-0.2, 0) is 10.0 Å². The second-order valence-electron chi connectivity index (χ2n) is 3.98. The molecule has 0 amide bonds. The van der Waals surface area contributed by atoms with Gasteiger partial charge in [-0.15, -0.1) is 0 Å². The Morgan fingerprint density at radius 1 is 1.31 bits per heavy atom. The highest BCUT2D eigenvalue weighted by Crippen LogP contribution is 2.18. The Hall–Kier alpha value is -0.910. The van der Waals surface area contributed by atoms with E-state index in [1.54, 1.807) is 28.6 Å². The monoisotopic (exact) mass is 240 g/mol. The second kappa shape index (κ2) is 4.53. The SMILES string of the molecule is C[C@H]1CNCCN1S(=O)(=O)c1ccccc1. The van der Waals surface area contributed by atoms with E-state index in [1.807, 2.05) is 13.0 Å². The molecule has 1 aromatic carbocycles. The fraction of sp³-hybridized carbons (Fsp3) is 0.455. The molecule has 16 heavy (non-hydrogen) atoms. The normalized spacial score (nSPS) is 23.2. The van der Waals surface area contributed by atoms with E-state index in [1.165, 1.54) is 0 Å². The summed E-state index contributed by atoms with van der Waals surface area (Å²) in [5, 5.41) is 3.18. The van der Waals surface area contributed by atoms with Crippen molar-refractivity contribution in [1.29, 1.82) is 0 Å². The summed E-state index contributed by atoms with van der Waals surface area (Å²) in [6.45, 7) is 3.90. The quantitative estimate of drug-likeness (QED) is 0.826. The smallest absolute Gasteiger partial charge is 0.243 e. The largest absolute Gasteiger partial charge is 0.314 e. The van der Waals surface area contributed by atoms with Gasteiger partial charge in [0.1, 0.15) is 0 Å². The summed E-state index contributed by atoms with van der Waals surface area (Å²) in [5.74, 6) is 0.